The van der Waals surface area contributed by atoms with Crippen LogP contribution in [0.15, 0.2) is 30.6 Å². The summed E-state index contributed by atoms with van der Waals surface area (Å²) in [6.07, 6.45) is 3.26. The van der Waals surface area contributed by atoms with Crippen LogP contribution < -0.4 is 0 Å². The van der Waals surface area contributed by atoms with E-state index in [0.29, 0.717) is 11.4 Å². The van der Waals surface area contributed by atoms with Gasteiger partial charge in [0.25, 0.3) is 0 Å². The minimum Gasteiger partial charge on any atom is -0.478 e. The van der Waals surface area contributed by atoms with Gasteiger partial charge in [-0.1, -0.05) is 0 Å². The highest BCUT2D eigenvalue weighted by Gasteiger charge is 2.15. The summed E-state index contributed by atoms with van der Waals surface area (Å²) in [6, 6.07) is 3.63. The highest BCUT2D eigenvalue weighted by Crippen LogP contribution is 2.22. The van der Waals surface area contributed by atoms with E-state index in [9.17, 15) is 9.18 Å². The van der Waals surface area contributed by atoms with Crippen LogP contribution in [-0.4, -0.2) is 20.6 Å². The van der Waals surface area contributed by atoms with Gasteiger partial charge in [-0.3, -0.25) is 0 Å². The van der Waals surface area contributed by atoms with Crippen molar-refractivity contribution in [3.63, 3.8) is 0 Å². The second kappa shape index (κ2) is 3.77. The Hall–Kier alpha value is -2.17. The van der Waals surface area contributed by atoms with Crippen LogP contribution in [0.5, 0.6) is 0 Å². The summed E-state index contributed by atoms with van der Waals surface area (Å²) in [5.74, 6) is -1.25. The van der Waals surface area contributed by atoms with Gasteiger partial charge in [-0.05, 0) is 18.2 Å². The normalized spacial score (nSPS) is 10.4. The fourth-order valence-electron chi connectivity index (χ4n) is 1.51. The lowest BCUT2D eigenvalue weighted by Gasteiger charge is -2.05. The van der Waals surface area contributed by atoms with E-state index < -0.39 is 11.8 Å². The molecule has 0 aliphatic carbocycles. The van der Waals surface area contributed by atoms with Crippen molar-refractivity contribution >= 4 is 5.97 Å². The highest BCUT2D eigenvalue weighted by atomic mass is 19.1. The molecule has 0 fully saturated rings. The van der Waals surface area contributed by atoms with Crippen molar-refractivity contribution in [1.29, 1.82) is 0 Å². The van der Waals surface area contributed by atoms with E-state index in [1.54, 1.807) is 24.0 Å². The molecule has 0 saturated heterocycles. The Kier molecular flexibility index (Phi) is 2.44. The largest absolute Gasteiger partial charge is 0.478 e. The van der Waals surface area contributed by atoms with E-state index in [2.05, 4.69) is 4.98 Å². The first-order valence-electron chi connectivity index (χ1n) is 4.60. The fraction of sp³-hybridized carbons (Fsp3) is 0.0909. The molecular formula is C11H9FN2O2. The SMILES string of the molecule is Cn1ccnc1-c1ccc(F)cc1C(=O)O. The fourth-order valence-corrected chi connectivity index (χ4v) is 1.51. The van der Waals surface area contributed by atoms with Gasteiger partial charge >= 0.3 is 5.97 Å². The summed E-state index contributed by atoms with van der Waals surface area (Å²) in [7, 11) is 1.75. The summed E-state index contributed by atoms with van der Waals surface area (Å²) in [6.45, 7) is 0. The predicted molar refractivity (Wildman–Crippen MR) is 55.6 cm³/mol. The Morgan fingerprint density at radius 3 is 2.81 bits per heavy atom. The molecule has 16 heavy (non-hydrogen) atoms. The van der Waals surface area contributed by atoms with Crippen molar-refractivity contribution in [3.05, 3.63) is 42.0 Å². The van der Waals surface area contributed by atoms with Crippen molar-refractivity contribution in [2.24, 2.45) is 7.05 Å². The minimum absolute atomic E-state index is 0.0886. The van der Waals surface area contributed by atoms with Gasteiger partial charge in [0.1, 0.15) is 11.6 Å². The molecule has 1 N–H and O–H groups in total. The molecule has 0 spiro atoms. The average Bonchev–Trinajstić information content (AvgIpc) is 2.64. The maximum Gasteiger partial charge on any atom is 0.336 e. The maximum atomic E-state index is 13.0. The maximum absolute atomic E-state index is 13.0. The molecule has 0 bridgehead atoms. The smallest absolute Gasteiger partial charge is 0.336 e. The van der Waals surface area contributed by atoms with Crippen LogP contribution in [0.2, 0.25) is 0 Å². The number of carbonyl (C=O) groups is 1. The van der Waals surface area contributed by atoms with Gasteiger partial charge in [0, 0.05) is 25.0 Å². The van der Waals surface area contributed by atoms with Gasteiger partial charge in [0.2, 0.25) is 0 Å². The van der Waals surface area contributed by atoms with Crippen LogP contribution in [0.25, 0.3) is 11.4 Å². The predicted octanol–water partition coefficient (Wildman–Crippen LogP) is 1.92. The molecule has 0 amide bonds. The van der Waals surface area contributed by atoms with Crippen molar-refractivity contribution in [3.8, 4) is 11.4 Å². The van der Waals surface area contributed by atoms with Gasteiger partial charge in [0.05, 0.1) is 5.56 Å². The van der Waals surface area contributed by atoms with Gasteiger partial charge in [-0.2, -0.15) is 0 Å². The number of imidazole rings is 1. The number of carboxylic acids is 1. The monoisotopic (exact) mass is 220 g/mol. The van der Waals surface area contributed by atoms with Crippen LogP contribution in [0.1, 0.15) is 10.4 Å². The van der Waals surface area contributed by atoms with Crippen molar-refractivity contribution in [1.82, 2.24) is 9.55 Å². The van der Waals surface area contributed by atoms with Gasteiger partial charge < -0.3 is 9.67 Å². The zero-order chi connectivity index (χ0) is 11.7. The third-order valence-electron chi connectivity index (χ3n) is 2.27. The van der Waals surface area contributed by atoms with E-state index in [-0.39, 0.29) is 5.56 Å². The molecule has 1 aromatic heterocycles. The number of halogens is 1. The molecule has 0 atom stereocenters. The van der Waals surface area contributed by atoms with Crippen LogP contribution in [0, 0.1) is 5.82 Å². The zero-order valence-electron chi connectivity index (χ0n) is 8.51. The number of hydrogen-bond donors (Lipinski definition) is 1. The Morgan fingerprint density at radius 1 is 1.50 bits per heavy atom. The Morgan fingerprint density at radius 2 is 2.25 bits per heavy atom. The highest BCUT2D eigenvalue weighted by molar-refractivity contribution is 5.95. The molecule has 0 aliphatic heterocycles. The lowest BCUT2D eigenvalue weighted by atomic mass is 10.1. The molecule has 1 heterocycles. The lowest BCUT2D eigenvalue weighted by Crippen LogP contribution is -2.03. The Bertz CT molecular complexity index is 549. The number of carboxylic acid groups (broad SMARTS) is 1. The quantitative estimate of drug-likeness (QED) is 0.841. The van der Waals surface area contributed by atoms with E-state index in [1.165, 1.54) is 12.1 Å². The van der Waals surface area contributed by atoms with E-state index in [4.69, 9.17) is 5.11 Å². The van der Waals surface area contributed by atoms with Crippen LogP contribution in [0.3, 0.4) is 0 Å². The first-order valence-corrected chi connectivity index (χ1v) is 4.60. The molecule has 0 unspecified atom stereocenters. The number of nitrogens with zero attached hydrogens (tertiary/aromatic N) is 2. The first-order chi connectivity index (χ1) is 7.59. The van der Waals surface area contributed by atoms with Gasteiger partial charge in [0.15, 0.2) is 0 Å². The molecule has 2 aromatic rings. The molecule has 0 aliphatic rings. The number of aromatic nitrogens is 2. The molecule has 2 rings (SSSR count). The second-order valence-corrected chi connectivity index (χ2v) is 3.36. The molecular weight excluding hydrogens is 211 g/mol. The molecule has 0 radical (unpaired) electrons. The van der Waals surface area contributed by atoms with E-state index >= 15 is 0 Å². The standard InChI is InChI=1S/C11H9FN2O2/c1-14-5-4-13-10(14)8-3-2-7(12)6-9(8)11(15)16/h2-6H,1H3,(H,15,16). The number of benzene rings is 1. The average molecular weight is 220 g/mol. The lowest BCUT2D eigenvalue weighted by molar-refractivity contribution is 0.0697. The summed E-state index contributed by atoms with van der Waals surface area (Å²) < 4.78 is 14.6. The first kappa shape index (κ1) is 10.4. The summed E-state index contributed by atoms with van der Waals surface area (Å²) in [5.41, 5.74) is 0.315. The van der Waals surface area contributed by atoms with Gasteiger partial charge in [-0.25, -0.2) is 14.2 Å². The summed E-state index contributed by atoms with van der Waals surface area (Å²) in [4.78, 5) is 15.0. The topological polar surface area (TPSA) is 55.1 Å². The Labute approximate surface area is 91.0 Å². The minimum atomic E-state index is -1.17. The number of aryl methyl sites for hydroxylation is 1. The number of rotatable bonds is 2. The summed E-state index contributed by atoms with van der Waals surface area (Å²) in [5, 5.41) is 8.98. The number of hydrogen-bond acceptors (Lipinski definition) is 2. The van der Waals surface area contributed by atoms with Crippen LogP contribution in [0.4, 0.5) is 4.39 Å². The van der Waals surface area contributed by atoms with Crippen LogP contribution in [-0.2, 0) is 7.05 Å². The zero-order valence-corrected chi connectivity index (χ0v) is 8.51. The molecule has 0 saturated carbocycles. The summed E-state index contributed by atoms with van der Waals surface area (Å²) >= 11 is 0. The third-order valence-corrected chi connectivity index (χ3v) is 2.27. The molecule has 1 aromatic carbocycles. The van der Waals surface area contributed by atoms with E-state index in [1.807, 2.05) is 0 Å². The van der Waals surface area contributed by atoms with Crippen LogP contribution >= 0.6 is 0 Å². The Balaban J connectivity index is 2.65. The van der Waals surface area contributed by atoms with Crippen molar-refractivity contribution in [2.45, 2.75) is 0 Å². The molecule has 5 heteroatoms. The van der Waals surface area contributed by atoms with Crippen molar-refractivity contribution in [2.75, 3.05) is 0 Å². The third kappa shape index (κ3) is 1.67. The van der Waals surface area contributed by atoms with E-state index in [0.717, 1.165) is 6.07 Å². The van der Waals surface area contributed by atoms with Gasteiger partial charge in [-0.15, -0.1) is 0 Å². The van der Waals surface area contributed by atoms with Crippen molar-refractivity contribution < 1.29 is 14.3 Å². The molecule has 4 nitrogen and oxygen atoms in total. The number of aromatic carboxylic acids is 1. The molecule has 82 valence electrons. The second-order valence-electron chi connectivity index (χ2n) is 3.36.